The molecule has 1 aromatic carbocycles. The van der Waals surface area contributed by atoms with Gasteiger partial charge in [-0.05, 0) is 37.8 Å². The summed E-state index contributed by atoms with van der Waals surface area (Å²) in [5, 5.41) is 18.6. The van der Waals surface area contributed by atoms with Gasteiger partial charge >= 0.3 is 0 Å². The molecule has 1 saturated carbocycles. The second-order valence-corrected chi connectivity index (χ2v) is 5.04. The Morgan fingerprint density at radius 3 is 2.53 bits per heavy atom. The van der Waals surface area contributed by atoms with Crippen LogP contribution in [0.2, 0.25) is 0 Å². The lowest BCUT2D eigenvalue weighted by Gasteiger charge is -2.33. The molecule has 0 aromatic heterocycles. The molecule has 0 saturated heterocycles. The number of carbonyl (C=O) groups is 1. The minimum Gasteiger partial charge on any atom is -0.508 e. The van der Waals surface area contributed by atoms with Gasteiger partial charge in [-0.15, -0.1) is 0 Å². The molecular formula is C14H18FNO3. The first-order valence-corrected chi connectivity index (χ1v) is 6.42. The van der Waals surface area contributed by atoms with Crippen molar-refractivity contribution in [2.24, 2.45) is 0 Å². The molecule has 1 aliphatic rings. The summed E-state index contributed by atoms with van der Waals surface area (Å²) in [4.78, 5) is 13.7. The Morgan fingerprint density at radius 1 is 1.32 bits per heavy atom. The number of carbonyl (C=O) groups excluding carboxylic acids is 1. The van der Waals surface area contributed by atoms with Gasteiger partial charge in [0.2, 0.25) is 0 Å². The van der Waals surface area contributed by atoms with Gasteiger partial charge in [-0.25, -0.2) is 4.39 Å². The molecule has 0 unspecified atom stereocenters. The maximum atomic E-state index is 13.6. The number of hydrogen-bond acceptors (Lipinski definition) is 3. The fraction of sp³-hybridized carbons (Fsp3) is 0.500. The molecule has 4 nitrogen and oxygen atoms in total. The van der Waals surface area contributed by atoms with Crippen molar-refractivity contribution in [2.45, 2.75) is 37.8 Å². The molecule has 19 heavy (non-hydrogen) atoms. The predicted octanol–water partition coefficient (Wildman–Crippen LogP) is 1.91. The van der Waals surface area contributed by atoms with E-state index in [1.807, 2.05) is 0 Å². The molecule has 0 heterocycles. The number of aliphatic hydroxyl groups excluding tert-OH is 1. The molecule has 2 N–H and O–H groups in total. The number of phenolic OH excluding ortho intramolecular Hbond substituents is 1. The van der Waals surface area contributed by atoms with Crippen LogP contribution >= 0.6 is 0 Å². The van der Waals surface area contributed by atoms with E-state index in [-0.39, 0.29) is 29.4 Å². The summed E-state index contributed by atoms with van der Waals surface area (Å²) in [5.41, 5.74) is -0.0357. The van der Waals surface area contributed by atoms with E-state index < -0.39 is 5.82 Å². The van der Waals surface area contributed by atoms with E-state index >= 15 is 0 Å². The van der Waals surface area contributed by atoms with E-state index in [9.17, 15) is 14.3 Å². The summed E-state index contributed by atoms with van der Waals surface area (Å²) >= 11 is 0. The van der Waals surface area contributed by atoms with E-state index in [2.05, 4.69) is 0 Å². The zero-order valence-electron chi connectivity index (χ0n) is 10.8. The van der Waals surface area contributed by atoms with Gasteiger partial charge in [-0.1, -0.05) is 0 Å². The van der Waals surface area contributed by atoms with Crippen LogP contribution in [0.1, 0.15) is 36.0 Å². The third kappa shape index (κ3) is 3.04. The van der Waals surface area contributed by atoms with Crippen molar-refractivity contribution in [3.8, 4) is 5.75 Å². The Hall–Kier alpha value is -1.62. The molecule has 0 aliphatic heterocycles. The lowest BCUT2D eigenvalue weighted by Crippen LogP contribution is -2.40. The third-order valence-corrected chi connectivity index (χ3v) is 3.72. The molecule has 0 radical (unpaired) electrons. The summed E-state index contributed by atoms with van der Waals surface area (Å²) in [6, 6.07) is 3.56. The number of phenols is 1. The first kappa shape index (κ1) is 13.8. The predicted molar refractivity (Wildman–Crippen MR) is 68.4 cm³/mol. The molecule has 0 spiro atoms. The molecule has 5 heteroatoms. The normalized spacial score (nSPS) is 23.1. The fourth-order valence-electron chi connectivity index (χ4n) is 2.48. The molecule has 0 atom stereocenters. The topological polar surface area (TPSA) is 60.8 Å². The van der Waals surface area contributed by atoms with Crippen molar-refractivity contribution < 1.29 is 19.4 Å². The summed E-state index contributed by atoms with van der Waals surface area (Å²) < 4.78 is 13.6. The number of rotatable bonds is 2. The zero-order valence-corrected chi connectivity index (χ0v) is 10.8. The zero-order chi connectivity index (χ0) is 14.0. The Balaban J connectivity index is 2.10. The Labute approximate surface area is 111 Å². The van der Waals surface area contributed by atoms with Gasteiger partial charge < -0.3 is 15.1 Å². The molecule has 2 rings (SSSR count). The van der Waals surface area contributed by atoms with Gasteiger partial charge in [0.05, 0.1) is 11.7 Å². The SMILES string of the molecule is CN(C(=O)c1ccc(O)cc1F)C1CCC(O)CC1. The van der Waals surface area contributed by atoms with Crippen LogP contribution in [0.4, 0.5) is 4.39 Å². The quantitative estimate of drug-likeness (QED) is 0.860. The van der Waals surface area contributed by atoms with Crippen molar-refractivity contribution >= 4 is 5.91 Å². The van der Waals surface area contributed by atoms with Crippen LogP contribution in [0.5, 0.6) is 5.75 Å². The number of hydrogen-bond donors (Lipinski definition) is 2. The molecular weight excluding hydrogens is 249 g/mol. The molecule has 1 aliphatic carbocycles. The van der Waals surface area contributed by atoms with Crippen LogP contribution in [0.25, 0.3) is 0 Å². The van der Waals surface area contributed by atoms with Gasteiger partial charge in [-0.2, -0.15) is 0 Å². The molecule has 104 valence electrons. The standard InChI is InChI=1S/C14H18FNO3/c1-16(9-2-4-10(17)5-3-9)14(19)12-7-6-11(18)8-13(12)15/h6-10,17-18H,2-5H2,1H3. The first-order chi connectivity index (χ1) is 8.99. The van der Waals surface area contributed by atoms with Crippen molar-refractivity contribution in [1.29, 1.82) is 0 Å². The highest BCUT2D eigenvalue weighted by atomic mass is 19.1. The summed E-state index contributed by atoms with van der Waals surface area (Å²) in [6.45, 7) is 0. The number of nitrogens with zero attached hydrogens (tertiary/aromatic N) is 1. The van der Waals surface area contributed by atoms with Crippen LogP contribution < -0.4 is 0 Å². The molecule has 1 fully saturated rings. The van der Waals surface area contributed by atoms with E-state index in [4.69, 9.17) is 5.11 Å². The minimum atomic E-state index is -0.715. The van der Waals surface area contributed by atoms with Crippen LogP contribution in [0.15, 0.2) is 18.2 Å². The van der Waals surface area contributed by atoms with Crippen LogP contribution in [0, 0.1) is 5.82 Å². The van der Waals surface area contributed by atoms with Gasteiger partial charge in [0.1, 0.15) is 11.6 Å². The van der Waals surface area contributed by atoms with Gasteiger partial charge in [0, 0.05) is 19.2 Å². The summed E-state index contributed by atoms with van der Waals surface area (Å²) in [5.74, 6) is -1.30. The number of aliphatic hydroxyl groups is 1. The lowest BCUT2D eigenvalue weighted by molar-refractivity contribution is 0.0565. The monoisotopic (exact) mass is 267 g/mol. The number of halogens is 1. The second-order valence-electron chi connectivity index (χ2n) is 5.04. The van der Waals surface area contributed by atoms with E-state index in [1.165, 1.54) is 17.0 Å². The average molecular weight is 267 g/mol. The fourth-order valence-corrected chi connectivity index (χ4v) is 2.48. The van der Waals surface area contributed by atoms with Crippen LogP contribution in [-0.4, -0.2) is 40.2 Å². The average Bonchev–Trinajstić information content (AvgIpc) is 2.38. The molecule has 1 amide bonds. The number of benzene rings is 1. The maximum Gasteiger partial charge on any atom is 0.256 e. The summed E-state index contributed by atoms with van der Waals surface area (Å²) in [7, 11) is 1.65. The highest BCUT2D eigenvalue weighted by molar-refractivity contribution is 5.94. The minimum absolute atomic E-state index is 0.0316. The Kier molecular flexibility index (Phi) is 4.04. The van der Waals surface area contributed by atoms with Crippen LogP contribution in [-0.2, 0) is 0 Å². The van der Waals surface area contributed by atoms with Crippen LogP contribution in [0.3, 0.4) is 0 Å². The van der Waals surface area contributed by atoms with E-state index in [1.54, 1.807) is 7.05 Å². The smallest absolute Gasteiger partial charge is 0.256 e. The molecule has 0 bridgehead atoms. The maximum absolute atomic E-state index is 13.6. The Bertz CT molecular complexity index is 470. The largest absolute Gasteiger partial charge is 0.508 e. The van der Waals surface area contributed by atoms with E-state index in [0.717, 1.165) is 18.9 Å². The van der Waals surface area contributed by atoms with E-state index in [0.29, 0.717) is 12.8 Å². The Morgan fingerprint density at radius 2 is 1.95 bits per heavy atom. The number of amides is 1. The second kappa shape index (κ2) is 5.57. The first-order valence-electron chi connectivity index (χ1n) is 6.42. The van der Waals surface area contributed by atoms with Crippen molar-refractivity contribution in [3.63, 3.8) is 0 Å². The highest BCUT2D eigenvalue weighted by Gasteiger charge is 2.27. The van der Waals surface area contributed by atoms with Gasteiger partial charge in [-0.3, -0.25) is 4.79 Å². The van der Waals surface area contributed by atoms with Crippen molar-refractivity contribution in [2.75, 3.05) is 7.05 Å². The van der Waals surface area contributed by atoms with Crippen molar-refractivity contribution in [3.05, 3.63) is 29.6 Å². The number of aromatic hydroxyl groups is 1. The van der Waals surface area contributed by atoms with Gasteiger partial charge in [0.25, 0.3) is 5.91 Å². The molecule has 1 aromatic rings. The van der Waals surface area contributed by atoms with Crippen molar-refractivity contribution in [1.82, 2.24) is 4.90 Å². The third-order valence-electron chi connectivity index (χ3n) is 3.72. The van der Waals surface area contributed by atoms with Gasteiger partial charge in [0.15, 0.2) is 0 Å². The highest BCUT2D eigenvalue weighted by Crippen LogP contribution is 2.24. The summed E-state index contributed by atoms with van der Waals surface area (Å²) in [6.07, 6.45) is 2.50. The lowest BCUT2D eigenvalue weighted by atomic mass is 9.92.